The first-order valence-corrected chi connectivity index (χ1v) is 6.57. The van der Waals surface area contributed by atoms with Gasteiger partial charge < -0.3 is 5.32 Å². The van der Waals surface area contributed by atoms with Gasteiger partial charge >= 0.3 is 0 Å². The predicted molar refractivity (Wildman–Crippen MR) is 78.1 cm³/mol. The summed E-state index contributed by atoms with van der Waals surface area (Å²) in [5, 5.41) is 11.6. The Morgan fingerprint density at radius 1 is 1.00 bits per heavy atom. The van der Waals surface area contributed by atoms with E-state index in [9.17, 15) is 4.79 Å². The van der Waals surface area contributed by atoms with Crippen LogP contribution < -0.4 is 10.8 Å². The zero-order chi connectivity index (χ0) is 14.2. The fourth-order valence-electron chi connectivity index (χ4n) is 1.98. The largest absolute Gasteiger partial charge is 0.312 e. The highest BCUT2D eigenvalue weighted by Gasteiger charge is 2.00. The van der Waals surface area contributed by atoms with Crippen LogP contribution in [0.4, 0.5) is 0 Å². The summed E-state index contributed by atoms with van der Waals surface area (Å²) in [5.41, 5.74) is 5.15. The summed E-state index contributed by atoms with van der Waals surface area (Å²) in [6, 6.07) is 18.5. The maximum atomic E-state index is 10.9. The van der Waals surface area contributed by atoms with Crippen LogP contribution in [0.2, 0.25) is 0 Å². The van der Waals surface area contributed by atoms with E-state index >= 15 is 0 Å². The summed E-state index contributed by atoms with van der Waals surface area (Å²) in [4.78, 5) is 10.9. The second-order valence-corrected chi connectivity index (χ2v) is 4.53. The van der Waals surface area contributed by atoms with Crippen molar-refractivity contribution >= 4 is 5.91 Å². The first-order valence-electron chi connectivity index (χ1n) is 6.57. The number of carbonyl (C=O) groups is 1. The van der Waals surface area contributed by atoms with Gasteiger partial charge in [0.05, 0.1) is 0 Å². The standard InChI is InChI=1S/C16H18N2O2/c19-16(18-20)9-10-17-12-13-5-4-8-15(11-13)14-6-2-1-3-7-14/h1-8,11,17,20H,9-10,12H2,(H,18,19). The molecule has 4 nitrogen and oxygen atoms in total. The molecule has 2 aromatic rings. The summed E-state index contributed by atoms with van der Waals surface area (Å²) in [7, 11) is 0. The Kier molecular flexibility index (Phi) is 5.29. The SMILES string of the molecule is O=C(CCNCc1cccc(-c2ccccc2)c1)NO. The van der Waals surface area contributed by atoms with Crippen LogP contribution in [0.5, 0.6) is 0 Å². The monoisotopic (exact) mass is 270 g/mol. The Morgan fingerprint density at radius 2 is 1.75 bits per heavy atom. The summed E-state index contributed by atoms with van der Waals surface area (Å²) >= 11 is 0. The van der Waals surface area contributed by atoms with Gasteiger partial charge in [-0.05, 0) is 22.8 Å². The lowest BCUT2D eigenvalue weighted by molar-refractivity contribution is -0.129. The van der Waals surface area contributed by atoms with Crippen molar-refractivity contribution in [3.8, 4) is 11.1 Å². The number of nitrogens with one attached hydrogen (secondary N) is 2. The lowest BCUT2D eigenvalue weighted by atomic mass is 10.0. The molecular formula is C16H18N2O2. The van der Waals surface area contributed by atoms with Gasteiger partial charge in [0.25, 0.3) is 0 Å². The third-order valence-corrected chi connectivity index (χ3v) is 3.02. The zero-order valence-corrected chi connectivity index (χ0v) is 11.2. The second kappa shape index (κ2) is 7.43. The number of amides is 1. The molecule has 2 aromatic carbocycles. The molecule has 0 radical (unpaired) electrons. The first-order chi connectivity index (χ1) is 9.79. The molecule has 0 bridgehead atoms. The molecule has 4 heteroatoms. The lowest BCUT2D eigenvalue weighted by Gasteiger charge is -2.07. The van der Waals surface area contributed by atoms with Crippen LogP contribution >= 0.6 is 0 Å². The summed E-state index contributed by atoms with van der Waals surface area (Å²) in [5.74, 6) is -0.379. The molecule has 104 valence electrons. The molecular weight excluding hydrogens is 252 g/mol. The minimum Gasteiger partial charge on any atom is -0.312 e. The van der Waals surface area contributed by atoms with Gasteiger partial charge in [0, 0.05) is 19.5 Å². The smallest absolute Gasteiger partial charge is 0.244 e. The number of hydroxylamine groups is 1. The van der Waals surface area contributed by atoms with E-state index in [1.54, 1.807) is 5.48 Å². The lowest BCUT2D eigenvalue weighted by Crippen LogP contribution is -2.24. The van der Waals surface area contributed by atoms with Crippen LogP contribution in [0.25, 0.3) is 11.1 Å². The van der Waals surface area contributed by atoms with Gasteiger partial charge in [-0.1, -0.05) is 48.5 Å². The van der Waals surface area contributed by atoms with E-state index in [0.29, 0.717) is 13.1 Å². The van der Waals surface area contributed by atoms with Crippen LogP contribution in [0.15, 0.2) is 54.6 Å². The van der Waals surface area contributed by atoms with E-state index in [1.165, 1.54) is 11.1 Å². The molecule has 2 rings (SSSR count). The van der Waals surface area contributed by atoms with Crippen LogP contribution in [0.1, 0.15) is 12.0 Å². The van der Waals surface area contributed by atoms with Crippen molar-refractivity contribution in [2.75, 3.05) is 6.54 Å². The summed E-state index contributed by atoms with van der Waals surface area (Å²) < 4.78 is 0. The molecule has 0 unspecified atom stereocenters. The number of benzene rings is 2. The molecule has 0 aliphatic rings. The van der Waals surface area contributed by atoms with Gasteiger partial charge in [0.15, 0.2) is 0 Å². The van der Waals surface area contributed by atoms with Gasteiger partial charge in [-0.15, -0.1) is 0 Å². The number of carbonyl (C=O) groups excluding carboxylic acids is 1. The molecule has 0 aliphatic heterocycles. The Balaban J connectivity index is 1.92. The molecule has 0 heterocycles. The fraction of sp³-hybridized carbons (Fsp3) is 0.188. The fourth-order valence-corrected chi connectivity index (χ4v) is 1.98. The van der Waals surface area contributed by atoms with Gasteiger partial charge in [-0.3, -0.25) is 10.0 Å². The molecule has 0 spiro atoms. The van der Waals surface area contributed by atoms with E-state index < -0.39 is 0 Å². The molecule has 0 fully saturated rings. The molecule has 20 heavy (non-hydrogen) atoms. The maximum absolute atomic E-state index is 10.9. The Hall–Kier alpha value is -2.17. The van der Waals surface area contributed by atoms with E-state index in [0.717, 1.165) is 5.56 Å². The van der Waals surface area contributed by atoms with E-state index in [4.69, 9.17) is 5.21 Å². The highest BCUT2D eigenvalue weighted by Crippen LogP contribution is 2.19. The van der Waals surface area contributed by atoms with E-state index in [-0.39, 0.29) is 12.3 Å². The van der Waals surface area contributed by atoms with Crippen molar-refractivity contribution in [3.63, 3.8) is 0 Å². The molecule has 0 atom stereocenters. The highest BCUT2D eigenvalue weighted by molar-refractivity contribution is 5.74. The number of hydrogen-bond donors (Lipinski definition) is 3. The van der Waals surface area contributed by atoms with Crippen LogP contribution in [-0.2, 0) is 11.3 Å². The van der Waals surface area contributed by atoms with Gasteiger partial charge in [0.2, 0.25) is 5.91 Å². The molecule has 0 saturated carbocycles. The Bertz CT molecular complexity index is 555. The summed E-state index contributed by atoms with van der Waals surface area (Å²) in [6.45, 7) is 1.22. The van der Waals surface area contributed by atoms with E-state index in [2.05, 4.69) is 29.6 Å². The quantitative estimate of drug-likeness (QED) is 0.429. The van der Waals surface area contributed by atoms with Crippen LogP contribution in [0.3, 0.4) is 0 Å². The molecule has 0 aliphatic carbocycles. The minimum absolute atomic E-state index is 0.259. The van der Waals surface area contributed by atoms with Crippen LogP contribution in [0, 0.1) is 0 Å². The average Bonchev–Trinajstić information content (AvgIpc) is 2.52. The Labute approximate surface area is 118 Å². The molecule has 0 saturated heterocycles. The van der Waals surface area contributed by atoms with Gasteiger partial charge in [0.1, 0.15) is 0 Å². The van der Waals surface area contributed by atoms with Gasteiger partial charge in [-0.2, -0.15) is 0 Å². The van der Waals surface area contributed by atoms with E-state index in [1.807, 2.05) is 30.3 Å². The third-order valence-electron chi connectivity index (χ3n) is 3.02. The summed E-state index contributed by atoms with van der Waals surface area (Å²) in [6.07, 6.45) is 0.259. The van der Waals surface area contributed by atoms with Crippen LogP contribution in [-0.4, -0.2) is 17.7 Å². The Morgan fingerprint density at radius 3 is 2.50 bits per heavy atom. The van der Waals surface area contributed by atoms with Crippen molar-refractivity contribution in [2.45, 2.75) is 13.0 Å². The van der Waals surface area contributed by atoms with Crippen molar-refractivity contribution in [1.82, 2.24) is 10.8 Å². The normalized spacial score (nSPS) is 10.2. The van der Waals surface area contributed by atoms with Crippen molar-refractivity contribution in [3.05, 3.63) is 60.2 Å². The molecule has 3 N–H and O–H groups in total. The average molecular weight is 270 g/mol. The predicted octanol–water partition coefficient (Wildman–Crippen LogP) is 2.34. The zero-order valence-electron chi connectivity index (χ0n) is 11.2. The van der Waals surface area contributed by atoms with Crippen molar-refractivity contribution in [2.24, 2.45) is 0 Å². The topological polar surface area (TPSA) is 61.4 Å². The minimum atomic E-state index is -0.379. The highest BCUT2D eigenvalue weighted by atomic mass is 16.5. The first kappa shape index (κ1) is 14.2. The van der Waals surface area contributed by atoms with Gasteiger partial charge in [-0.25, -0.2) is 5.48 Å². The molecule has 1 amide bonds. The maximum Gasteiger partial charge on any atom is 0.244 e. The molecule has 0 aromatic heterocycles. The van der Waals surface area contributed by atoms with Crippen molar-refractivity contribution in [1.29, 1.82) is 0 Å². The second-order valence-electron chi connectivity index (χ2n) is 4.53. The number of hydrogen-bond acceptors (Lipinski definition) is 3. The number of rotatable bonds is 6. The van der Waals surface area contributed by atoms with Crippen molar-refractivity contribution < 1.29 is 10.0 Å². The third kappa shape index (κ3) is 4.19.